The first-order chi connectivity index (χ1) is 14.0. The van der Waals surface area contributed by atoms with Crippen molar-refractivity contribution in [2.75, 3.05) is 64.4 Å². The summed E-state index contributed by atoms with van der Waals surface area (Å²) in [6.07, 6.45) is 2.22. The number of rotatable bonds is 6. The fourth-order valence-corrected chi connectivity index (χ4v) is 4.24. The molecule has 2 aliphatic rings. The van der Waals surface area contributed by atoms with E-state index in [1.165, 1.54) is 0 Å². The van der Waals surface area contributed by atoms with Gasteiger partial charge in [0, 0.05) is 58.0 Å². The minimum absolute atomic E-state index is 0.172. The number of nitrogens with zero attached hydrogens (tertiary/aromatic N) is 3. The molecule has 6 nitrogen and oxygen atoms in total. The van der Waals surface area contributed by atoms with Crippen LogP contribution in [0.1, 0.15) is 25.3 Å². The topological polar surface area (TPSA) is 52.1 Å². The predicted octanol–water partition coefficient (Wildman–Crippen LogP) is 2.24. The van der Waals surface area contributed by atoms with Gasteiger partial charge in [-0.25, -0.2) is 4.39 Å². The second kappa shape index (κ2) is 10.8. The standard InChI is InChI=1S/C22H36FN5O/c1-17(15-27-9-11-29-12-10-27)14-25-22(24-3)26-20-5-4-8-28(16-20)21-7-6-19(23)13-18(21)2/h6-7,13,17,20H,4-5,8-12,14-16H2,1-3H3,(H2,24,25,26). The number of ether oxygens (including phenoxy) is 1. The molecule has 1 aromatic rings. The summed E-state index contributed by atoms with van der Waals surface area (Å²) in [5.41, 5.74) is 2.12. The molecule has 1 aromatic carbocycles. The molecule has 2 N–H and O–H groups in total. The van der Waals surface area contributed by atoms with Crippen molar-refractivity contribution >= 4 is 11.6 Å². The molecule has 29 heavy (non-hydrogen) atoms. The Labute approximate surface area is 174 Å². The zero-order valence-corrected chi connectivity index (χ0v) is 18.1. The minimum Gasteiger partial charge on any atom is -0.379 e. The zero-order chi connectivity index (χ0) is 20.6. The molecule has 2 aliphatic heterocycles. The Morgan fingerprint density at radius 3 is 2.83 bits per heavy atom. The molecule has 0 amide bonds. The molecule has 7 heteroatoms. The predicted molar refractivity (Wildman–Crippen MR) is 117 cm³/mol. The molecule has 2 fully saturated rings. The zero-order valence-electron chi connectivity index (χ0n) is 18.1. The van der Waals surface area contributed by atoms with Gasteiger partial charge >= 0.3 is 0 Å². The minimum atomic E-state index is -0.172. The van der Waals surface area contributed by atoms with E-state index in [0.717, 1.165) is 82.5 Å². The van der Waals surface area contributed by atoms with Crippen molar-refractivity contribution in [1.29, 1.82) is 0 Å². The first-order valence-electron chi connectivity index (χ1n) is 10.8. The van der Waals surface area contributed by atoms with Crippen molar-refractivity contribution in [1.82, 2.24) is 15.5 Å². The molecule has 162 valence electrons. The Morgan fingerprint density at radius 1 is 1.31 bits per heavy atom. The molecule has 0 spiro atoms. The Kier molecular flexibility index (Phi) is 8.12. The van der Waals surface area contributed by atoms with Gasteiger partial charge in [-0.3, -0.25) is 9.89 Å². The van der Waals surface area contributed by atoms with Crippen LogP contribution in [0.15, 0.2) is 23.2 Å². The highest BCUT2D eigenvalue weighted by atomic mass is 19.1. The van der Waals surface area contributed by atoms with Crippen LogP contribution in [0.4, 0.5) is 10.1 Å². The highest BCUT2D eigenvalue weighted by Crippen LogP contribution is 2.24. The van der Waals surface area contributed by atoms with Gasteiger partial charge < -0.3 is 20.3 Å². The first kappa shape index (κ1) is 21.8. The number of hydrogen-bond acceptors (Lipinski definition) is 4. The lowest BCUT2D eigenvalue weighted by Crippen LogP contribution is -2.52. The van der Waals surface area contributed by atoms with Crippen LogP contribution in [0.25, 0.3) is 0 Å². The highest BCUT2D eigenvalue weighted by Gasteiger charge is 2.22. The normalized spacial score (nSPS) is 22.4. The molecule has 2 atom stereocenters. The Hall–Kier alpha value is -1.86. The van der Waals surface area contributed by atoms with E-state index in [-0.39, 0.29) is 5.82 Å². The van der Waals surface area contributed by atoms with E-state index in [0.29, 0.717) is 12.0 Å². The maximum atomic E-state index is 13.4. The molecule has 2 unspecified atom stereocenters. The van der Waals surface area contributed by atoms with E-state index in [1.54, 1.807) is 12.1 Å². The van der Waals surface area contributed by atoms with Crippen LogP contribution in [-0.4, -0.2) is 76.4 Å². The maximum absolute atomic E-state index is 13.4. The molecule has 2 saturated heterocycles. The lowest BCUT2D eigenvalue weighted by Gasteiger charge is -2.36. The number of piperidine rings is 1. The van der Waals surface area contributed by atoms with E-state index in [1.807, 2.05) is 20.0 Å². The van der Waals surface area contributed by atoms with Gasteiger partial charge in [0.05, 0.1) is 13.2 Å². The van der Waals surface area contributed by atoms with E-state index in [4.69, 9.17) is 4.74 Å². The van der Waals surface area contributed by atoms with Crippen molar-refractivity contribution in [3.8, 4) is 0 Å². The summed E-state index contributed by atoms with van der Waals surface area (Å²) in [5.74, 6) is 1.23. The average Bonchev–Trinajstić information content (AvgIpc) is 2.72. The molecular weight excluding hydrogens is 369 g/mol. The van der Waals surface area contributed by atoms with Crippen LogP contribution in [0.2, 0.25) is 0 Å². The van der Waals surface area contributed by atoms with Gasteiger partial charge in [0.25, 0.3) is 0 Å². The number of halogens is 1. The third-order valence-electron chi connectivity index (χ3n) is 5.78. The van der Waals surface area contributed by atoms with Crippen molar-refractivity contribution in [2.24, 2.45) is 10.9 Å². The Morgan fingerprint density at radius 2 is 2.10 bits per heavy atom. The number of aryl methyl sites for hydroxylation is 1. The van der Waals surface area contributed by atoms with Gasteiger partial charge in [-0.05, 0) is 49.4 Å². The number of morpholine rings is 1. The quantitative estimate of drug-likeness (QED) is 0.562. The molecule has 0 bridgehead atoms. The molecule has 0 saturated carbocycles. The maximum Gasteiger partial charge on any atom is 0.191 e. The van der Waals surface area contributed by atoms with Gasteiger partial charge in [-0.2, -0.15) is 0 Å². The summed E-state index contributed by atoms with van der Waals surface area (Å²) in [4.78, 5) is 9.24. The van der Waals surface area contributed by atoms with Gasteiger partial charge in [-0.1, -0.05) is 6.92 Å². The lowest BCUT2D eigenvalue weighted by molar-refractivity contribution is 0.0320. The fraction of sp³-hybridized carbons (Fsp3) is 0.682. The Bertz CT molecular complexity index is 677. The monoisotopic (exact) mass is 405 g/mol. The number of hydrogen-bond donors (Lipinski definition) is 2. The molecular formula is C22H36FN5O. The number of anilines is 1. The summed E-state index contributed by atoms with van der Waals surface area (Å²) in [5, 5.41) is 7.08. The van der Waals surface area contributed by atoms with Crippen LogP contribution in [-0.2, 0) is 4.74 Å². The number of benzene rings is 1. The van der Waals surface area contributed by atoms with Gasteiger partial charge in [-0.15, -0.1) is 0 Å². The van der Waals surface area contributed by atoms with Crippen molar-refractivity contribution in [3.05, 3.63) is 29.6 Å². The van der Waals surface area contributed by atoms with Crippen LogP contribution in [0, 0.1) is 18.7 Å². The van der Waals surface area contributed by atoms with E-state index in [2.05, 4.69) is 32.3 Å². The SMILES string of the molecule is CN=C(NCC(C)CN1CCOCC1)NC1CCCN(c2ccc(F)cc2C)C1. The molecule has 0 aliphatic carbocycles. The smallest absolute Gasteiger partial charge is 0.191 e. The van der Waals surface area contributed by atoms with Gasteiger partial charge in [0.15, 0.2) is 5.96 Å². The summed E-state index contributed by atoms with van der Waals surface area (Å²) in [6, 6.07) is 5.39. The number of guanidine groups is 1. The van der Waals surface area contributed by atoms with Gasteiger partial charge in [0.2, 0.25) is 0 Å². The first-order valence-corrected chi connectivity index (χ1v) is 10.8. The van der Waals surface area contributed by atoms with Crippen molar-refractivity contribution < 1.29 is 9.13 Å². The summed E-state index contributed by atoms with van der Waals surface area (Å²) >= 11 is 0. The number of aliphatic imine (C=N–C) groups is 1. The second-order valence-corrected chi connectivity index (χ2v) is 8.33. The average molecular weight is 406 g/mol. The third-order valence-corrected chi connectivity index (χ3v) is 5.78. The number of nitrogens with one attached hydrogen (secondary N) is 2. The highest BCUT2D eigenvalue weighted by molar-refractivity contribution is 5.80. The molecule has 0 aromatic heterocycles. The van der Waals surface area contributed by atoms with Crippen LogP contribution >= 0.6 is 0 Å². The van der Waals surface area contributed by atoms with Gasteiger partial charge in [0.1, 0.15) is 5.82 Å². The summed E-state index contributed by atoms with van der Waals surface area (Å²) in [7, 11) is 1.83. The van der Waals surface area contributed by atoms with E-state index in [9.17, 15) is 4.39 Å². The van der Waals surface area contributed by atoms with Crippen molar-refractivity contribution in [2.45, 2.75) is 32.7 Å². The van der Waals surface area contributed by atoms with Crippen LogP contribution in [0.3, 0.4) is 0 Å². The Balaban J connectivity index is 1.47. The lowest BCUT2D eigenvalue weighted by atomic mass is 10.0. The second-order valence-electron chi connectivity index (χ2n) is 8.33. The fourth-order valence-electron chi connectivity index (χ4n) is 4.24. The summed E-state index contributed by atoms with van der Waals surface area (Å²) in [6.45, 7) is 11.9. The molecule has 2 heterocycles. The van der Waals surface area contributed by atoms with E-state index < -0.39 is 0 Å². The molecule has 0 radical (unpaired) electrons. The van der Waals surface area contributed by atoms with Crippen molar-refractivity contribution in [3.63, 3.8) is 0 Å². The van der Waals surface area contributed by atoms with Crippen LogP contribution < -0.4 is 15.5 Å². The largest absolute Gasteiger partial charge is 0.379 e. The molecule has 3 rings (SSSR count). The summed E-state index contributed by atoms with van der Waals surface area (Å²) < 4.78 is 18.9. The van der Waals surface area contributed by atoms with E-state index >= 15 is 0 Å². The third kappa shape index (κ3) is 6.57. The van der Waals surface area contributed by atoms with Crippen LogP contribution in [0.5, 0.6) is 0 Å².